The fourth-order valence-electron chi connectivity index (χ4n) is 1.81. The van der Waals surface area contributed by atoms with Crippen LogP contribution in [0.25, 0.3) is 0 Å². The van der Waals surface area contributed by atoms with Crippen LogP contribution >= 0.6 is 15.9 Å². The number of carbonyl (C=O) groups excluding carboxylic acids is 2. The topological polar surface area (TPSA) is 90.7 Å². The minimum Gasteiger partial charge on any atom is -0.484 e. The summed E-state index contributed by atoms with van der Waals surface area (Å²) in [5.41, 5.74) is 5.90. The van der Waals surface area contributed by atoms with Gasteiger partial charge in [0.1, 0.15) is 11.5 Å². The number of hydrogen-bond donors (Lipinski definition) is 2. The molecule has 2 amide bonds. The third-order valence-electron chi connectivity index (χ3n) is 2.99. The molecule has 0 aliphatic carbocycles. The Morgan fingerprint density at radius 3 is 2.38 bits per heavy atom. The lowest BCUT2D eigenvalue weighted by molar-refractivity contribution is -0.123. The van der Waals surface area contributed by atoms with E-state index < -0.39 is 5.91 Å². The van der Waals surface area contributed by atoms with E-state index in [0.717, 1.165) is 10.0 Å². The van der Waals surface area contributed by atoms with Crippen LogP contribution in [-0.2, 0) is 16.1 Å². The summed E-state index contributed by atoms with van der Waals surface area (Å²) < 4.78 is 11.4. The molecule has 2 rings (SSSR count). The molecule has 0 aliphatic heterocycles. The van der Waals surface area contributed by atoms with Gasteiger partial charge in [-0.25, -0.2) is 0 Å². The Morgan fingerprint density at radius 1 is 1.00 bits per heavy atom. The van der Waals surface area contributed by atoms with E-state index in [4.69, 9.17) is 15.2 Å². The second kappa shape index (κ2) is 8.93. The molecule has 0 bridgehead atoms. The maximum Gasteiger partial charge on any atom is 0.258 e. The van der Waals surface area contributed by atoms with Gasteiger partial charge >= 0.3 is 0 Å². The first kappa shape index (κ1) is 17.8. The van der Waals surface area contributed by atoms with Gasteiger partial charge in [0.05, 0.1) is 4.47 Å². The maximum absolute atomic E-state index is 11.8. The molecule has 0 spiro atoms. The van der Waals surface area contributed by atoms with Crippen LogP contribution in [0.4, 0.5) is 0 Å². The molecule has 0 radical (unpaired) electrons. The number of nitrogens with two attached hydrogens (primary N) is 1. The minimum absolute atomic E-state index is 0.0670. The number of halogens is 1. The molecule has 0 saturated heterocycles. The average Bonchev–Trinajstić information content (AvgIpc) is 2.58. The van der Waals surface area contributed by atoms with E-state index in [2.05, 4.69) is 21.2 Å². The minimum atomic E-state index is -0.531. The Labute approximate surface area is 148 Å². The quantitative estimate of drug-likeness (QED) is 0.718. The van der Waals surface area contributed by atoms with Crippen LogP contribution in [0.5, 0.6) is 11.5 Å². The van der Waals surface area contributed by atoms with Crippen molar-refractivity contribution in [3.05, 3.63) is 58.6 Å². The zero-order chi connectivity index (χ0) is 17.4. The van der Waals surface area contributed by atoms with Crippen molar-refractivity contribution in [3.8, 4) is 11.5 Å². The molecule has 126 valence electrons. The van der Waals surface area contributed by atoms with E-state index >= 15 is 0 Å². The van der Waals surface area contributed by atoms with Crippen molar-refractivity contribution in [2.75, 3.05) is 13.2 Å². The molecule has 0 aliphatic rings. The Balaban J connectivity index is 1.75. The molecule has 2 aromatic rings. The first-order chi connectivity index (χ1) is 11.5. The fourth-order valence-corrected chi connectivity index (χ4v) is 2.21. The van der Waals surface area contributed by atoms with Gasteiger partial charge in [-0.1, -0.05) is 24.3 Å². The normalized spacial score (nSPS) is 10.0. The predicted molar refractivity (Wildman–Crippen MR) is 92.6 cm³/mol. The van der Waals surface area contributed by atoms with Crippen LogP contribution in [0.3, 0.4) is 0 Å². The number of benzene rings is 2. The van der Waals surface area contributed by atoms with Gasteiger partial charge in [0.25, 0.3) is 11.8 Å². The molecule has 24 heavy (non-hydrogen) atoms. The summed E-state index contributed by atoms with van der Waals surface area (Å²) >= 11 is 3.35. The van der Waals surface area contributed by atoms with Gasteiger partial charge in [0.2, 0.25) is 0 Å². The highest BCUT2D eigenvalue weighted by Gasteiger charge is 2.05. The SMILES string of the molecule is NC(=O)COc1ccc(CNC(=O)COc2ccccc2Br)cc1. The third-order valence-corrected chi connectivity index (χ3v) is 3.64. The molecule has 0 heterocycles. The van der Waals surface area contributed by atoms with Gasteiger partial charge in [-0.05, 0) is 45.8 Å². The van der Waals surface area contributed by atoms with Crippen molar-refractivity contribution in [2.45, 2.75) is 6.54 Å². The lowest BCUT2D eigenvalue weighted by Crippen LogP contribution is -2.28. The molecule has 0 aromatic heterocycles. The average molecular weight is 393 g/mol. The number of amides is 2. The van der Waals surface area contributed by atoms with Gasteiger partial charge in [0.15, 0.2) is 13.2 Å². The summed E-state index contributed by atoms with van der Waals surface area (Å²) in [5, 5.41) is 2.76. The summed E-state index contributed by atoms with van der Waals surface area (Å²) in [6.45, 7) is 0.138. The van der Waals surface area contributed by atoms with Crippen molar-refractivity contribution in [1.29, 1.82) is 0 Å². The number of rotatable bonds is 8. The molecule has 0 atom stereocenters. The van der Waals surface area contributed by atoms with E-state index in [9.17, 15) is 9.59 Å². The number of nitrogens with one attached hydrogen (secondary N) is 1. The lowest BCUT2D eigenvalue weighted by Gasteiger charge is -2.09. The highest BCUT2D eigenvalue weighted by Crippen LogP contribution is 2.23. The Morgan fingerprint density at radius 2 is 1.71 bits per heavy atom. The molecular weight excluding hydrogens is 376 g/mol. The number of para-hydroxylation sites is 1. The van der Waals surface area contributed by atoms with Gasteiger partial charge in [0, 0.05) is 6.54 Å². The van der Waals surface area contributed by atoms with Gasteiger partial charge in [-0.3, -0.25) is 9.59 Å². The first-order valence-corrected chi connectivity index (χ1v) is 7.98. The van der Waals surface area contributed by atoms with E-state index in [-0.39, 0.29) is 19.1 Å². The summed E-state index contributed by atoms with van der Waals surface area (Å²) in [6.07, 6.45) is 0. The van der Waals surface area contributed by atoms with Crippen LogP contribution in [0.1, 0.15) is 5.56 Å². The number of primary amides is 1. The zero-order valence-corrected chi connectivity index (χ0v) is 14.4. The van der Waals surface area contributed by atoms with E-state index in [0.29, 0.717) is 18.0 Å². The zero-order valence-electron chi connectivity index (χ0n) is 12.8. The van der Waals surface area contributed by atoms with Crippen molar-refractivity contribution in [1.82, 2.24) is 5.32 Å². The molecule has 7 heteroatoms. The highest BCUT2D eigenvalue weighted by atomic mass is 79.9. The fraction of sp³-hybridized carbons (Fsp3) is 0.176. The van der Waals surface area contributed by atoms with Gasteiger partial charge in [-0.15, -0.1) is 0 Å². The number of hydrogen-bond acceptors (Lipinski definition) is 4. The summed E-state index contributed by atoms with van der Waals surface area (Å²) in [4.78, 5) is 22.5. The first-order valence-electron chi connectivity index (χ1n) is 7.18. The van der Waals surface area contributed by atoms with Crippen LogP contribution in [0, 0.1) is 0 Å². The molecule has 0 fully saturated rings. The molecule has 3 N–H and O–H groups in total. The second-order valence-electron chi connectivity index (χ2n) is 4.89. The summed E-state index contributed by atoms with van der Waals surface area (Å²) in [7, 11) is 0. The molecule has 0 unspecified atom stereocenters. The van der Waals surface area contributed by atoms with Crippen molar-refractivity contribution >= 4 is 27.7 Å². The maximum atomic E-state index is 11.8. The van der Waals surface area contributed by atoms with Crippen LogP contribution in [-0.4, -0.2) is 25.0 Å². The molecular formula is C17H17BrN2O4. The standard InChI is InChI=1S/C17H17BrN2O4/c18-14-3-1-2-4-15(14)24-11-17(22)20-9-12-5-7-13(8-6-12)23-10-16(19)21/h1-8H,9-11H2,(H2,19,21)(H,20,22). The highest BCUT2D eigenvalue weighted by molar-refractivity contribution is 9.10. The Hall–Kier alpha value is -2.54. The molecule has 2 aromatic carbocycles. The molecule has 6 nitrogen and oxygen atoms in total. The van der Waals surface area contributed by atoms with Crippen LogP contribution in [0.2, 0.25) is 0 Å². The smallest absolute Gasteiger partial charge is 0.258 e. The summed E-state index contributed by atoms with van der Waals surface area (Å²) in [6, 6.07) is 14.3. The predicted octanol–water partition coefficient (Wildman–Crippen LogP) is 2.01. The van der Waals surface area contributed by atoms with Gasteiger partial charge < -0.3 is 20.5 Å². The third kappa shape index (κ3) is 5.92. The van der Waals surface area contributed by atoms with E-state index in [1.54, 1.807) is 30.3 Å². The van der Waals surface area contributed by atoms with Crippen molar-refractivity contribution in [2.24, 2.45) is 5.73 Å². The van der Waals surface area contributed by atoms with Crippen molar-refractivity contribution in [3.63, 3.8) is 0 Å². The van der Waals surface area contributed by atoms with Crippen molar-refractivity contribution < 1.29 is 19.1 Å². The number of ether oxygens (including phenoxy) is 2. The Kier molecular flexibility index (Phi) is 6.62. The van der Waals surface area contributed by atoms with Crippen LogP contribution in [0.15, 0.2) is 53.0 Å². The van der Waals surface area contributed by atoms with Gasteiger partial charge in [-0.2, -0.15) is 0 Å². The lowest BCUT2D eigenvalue weighted by atomic mass is 10.2. The monoisotopic (exact) mass is 392 g/mol. The van der Waals surface area contributed by atoms with Crippen LogP contribution < -0.4 is 20.5 Å². The second-order valence-corrected chi connectivity index (χ2v) is 5.75. The van der Waals surface area contributed by atoms with E-state index in [1.165, 1.54) is 0 Å². The largest absolute Gasteiger partial charge is 0.484 e. The molecule has 0 saturated carbocycles. The summed E-state index contributed by atoms with van der Waals surface area (Å²) in [5.74, 6) is 0.404. The number of carbonyl (C=O) groups is 2. The van der Waals surface area contributed by atoms with E-state index in [1.807, 2.05) is 18.2 Å². The Bertz CT molecular complexity index is 704.